The van der Waals surface area contributed by atoms with Gasteiger partial charge in [0.25, 0.3) is 0 Å². The van der Waals surface area contributed by atoms with Crippen molar-refractivity contribution in [1.82, 2.24) is 4.90 Å². The number of hydrogen-bond donors (Lipinski definition) is 4. The van der Waals surface area contributed by atoms with Crippen molar-refractivity contribution < 1.29 is 37.9 Å². The van der Waals surface area contributed by atoms with Crippen LogP contribution in [0.3, 0.4) is 0 Å². The molecule has 0 aliphatic carbocycles. The van der Waals surface area contributed by atoms with Crippen molar-refractivity contribution >= 4 is 29.7 Å². The molecule has 0 radical (unpaired) electrons. The zero-order valence-corrected chi connectivity index (χ0v) is 23.2. The molecule has 226 valence electrons. The Morgan fingerprint density at radius 3 is 2.19 bits per heavy atom. The normalized spacial score (nSPS) is 12.4. The lowest BCUT2D eigenvalue weighted by atomic mass is 9.94. The molecule has 0 fully saturated rings. The molecule has 10 nitrogen and oxygen atoms in total. The first-order chi connectivity index (χ1) is 20.3. The number of nitrogens with zero attached hydrogens (tertiary/aromatic N) is 3. The van der Waals surface area contributed by atoms with Gasteiger partial charge >= 0.3 is 12.1 Å². The second kappa shape index (κ2) is 15.0. The zero-order chi connectivity index (χ0) is 32.3. The van der Waals surface area contributed by atoms with Gasteiger partial charge in [-0.15, -0.1) is 0 Å². The number of carboxylic acid groups (broad SMARTS) is 1. The second-order valence-corrected chi connectivity index (χ2v) is 9.20. The number of halogens is 3. The van der Waals surface area contributed by atoms with Gasteiger partial charge in [-0.3, -0.25) is 9.59 Å². The molecule has 0 heterocycles. The number of oxime groups is 1. The minimum atomic E-state index is -5.08. The van der Waals surface area contributed by atoms with Crippen LogP contribution in [0.1, 0.15) is 48.6 Å². The first-order valence-corrected chi connectivity index (χ1v) is 12.8. The molecular weight excluding hydrogens is 567 g/mol. The molecule has 2 unspecified atom stereocenters. The molecule has 6 N–H and O–H groups in total. The number of carbonyl (C=O) groups excluding carboxylic acids is 2. The van der Waals surface area contributed by atoms with Crippen LogP contribution in [0.15, 0.2) is 71.9 Å². The molecule has 2 amide bonds. The number of carboxylic acids is 1. The fraction of sp³-hybridized carbons (Fsp3) is 0.233. The standard InChI is InChI=1S/C28H29N5O3.C2HF3O2/c1-3-27(34)33(26(28(31)35)15-21-8-6-10-25(30)24(21)17-32-36)18(2)19-11-13-20(14-12-19)23-9-5-4-7-22(23)16-29;3-2(4,5)1(6)7/h4-14,17-18,26,36H,3,15,30H2,1-2H3,(H2,31,35);(H,6,7)/b32-17-;. The van der Waals surface area contributed by atoms with Crippen LogP contribution in [0.25, 0.3) is 11.1 Å². The third-order valence-corrected chi connectivity index (χ3v) is 6.50. The maximum Gasteiger partial charge on any atom is 0.490 e. The average Bonchev–Trinajstić information content (AvgIpc) is 2.98. The van der Waals surface area contributed by atoms with Gasteiger partial charge in [-0.25, -0.2) is 4.79 Å². The van der Waals surface area contributed by atoms with E-state index in [0.29, 0.717) is 22.4 Å². The van der Waals surface area contributed by atoms with Crippen molar-refractivity contribution in [1.29, 1.82) is 5.26 Å². The van der Waals surface area contributed by atoms with Crippen LogP contribution in [-0.4, -0.2) is 51.4 Å². The molecule has 0 saturated carbocycles. The Kier molecular flexibility index (Phi) is 11.8. The predicted octanol–water partition coefficient (Wildman–Crippen LogP) is 4.65. The largest absolute Gasteiger partial charge is 0.490 e. The lowest BCUT2D eigenvalue weighted by Gasteiger charge is -2.35. The van der Waals surface area contributed by atoms with Crippen molar-refractivity contribution in [3.05, 3.63) is 89.0 Å². The number of aliphatic carboxylic acids is 1. The molecule has 0 spiro atoms. The summed E-state index contributed by atoms with van der Waals surface area (Å²) in [5.74, 6) is -3.64. The highest BCUT2D eigenvalue weighted by Gasteiger charge is 2.38. The Labute approximate surface area is 245 Å². The van der Waals surface area contributed by atoms with Crippen molar-refractivity contribution in [3.63, 3.8) is 0 Å². The first kappa shape index (κ1) is 33.8. The zero-order valence-electron chi connectivity index (χ0n) is 23.2. The summed E-state index contributed by atoms with van der Waals surface area (Å²) in [6.07, 6.45) is -3.59. The van der Waals surface area contributed by atoms with Crippen LogP contribution >= 0.6 is 0 Å². The van der Waals surface area contributed by atoms with Gasteiger partial charge in [0, 0.05) is 24.1 Å². The summed E-state index contributed by atoms with van der Waals surface area (Å²) < 4.78 is 31.7. The fourth-order valence-corrected chi connectivity index (χ4v) is 4.35. The molecule has 2 atom stereocenters. The molecule has 0 aromatic heterocycles. The Balaban J connectivity index is 0.000000821. The average molecular weight is 598 g/mol. The molecular formula is C30H30F3N5O5. The van der Waals surface area contributed by atoms with E-state index >= 15 is 0 Å². The maximum absolute atomic E-state index is 13.1. The van der Waals surface area contributed by atoms with Crippen molar-refractivity contribution in [3.8, 4) is 17.2 Å². The number of carbonyl (C=O) groups is 3. The van der Waals surface area contributed by atoms with Crippen LogP contribution < -0.4 is 11.5 Å². The van der Waals surface area contributed by atoms with E-state index in [1.807, 2.05) is 49.4 Å². The topological polar surface area (TPSA) is 183 Å². The molecule has 0 aliphatic rings. The molecule has 3 aromatic carbocycles. The smallest absolute Gasteiger partial charge is 0.475 e. The highest BCUT2D eigenvalue weighted by atomic mass is 19.4. The molecule has 0 bridgehead atoms. The monoisotopic (exact) mass is 597 g/mol. The van der Waals surface area contributed by atoms with E-state index in [2.05, 4.69) is 11.2 Å². The van der Waals surface area contributed by atoms with Crippen molar-refractivity contribution in [2.45, 2.75) is 44.9 Å². The number of nitrogens with two attached hydrogens (primary N) is 2. The number of nitriles is 1. The second-order valence-electron chi connectivity index (χ2n) is 9.20. The Morgan fingerprint density at radius 2 is 1.67 bits per heavy atom. The number of nitrogen functional groups attached to an aromatic ring is 1. The molecule has 0 aliphatic heterocycles. The van der Waals surface area contributed by atoms with Crippen LogP contribution in [0.4, 0.5) is 18.9 Å². The highest BCUT2D eigenvalue weighted by molar-refractivity contribution is 5.90. The van der Waals surface area contributed by atoms with Gasteiger partial charge in [-0.05, 0) is 41.3 Å². The SMILES string of the molecule is CCC(=O)N(C(Cc1cccc(N)c1/C=N\O)C(N)=O)C(C)c1ccc(-c2ccccc2C#N)cc1.O=C(O)C(F)(F)F. The summed E-state index contributed by atoms with van der Waals surface area (Å²) in [7, 11) is 0. The predicted molar refractivity (Wildman–Crippen MR) is 153 cm³/mol. The van der Waals surface area contributed by atoms with E-state index in [0.717, 1.165) is 16.7 Å². The van der Waals surface area contributed by atoms with Gasteiger partial charge in [0.15, 0.2) is 0 Å². The van der Waals surface area contributed by atoms with Gasteiger partial charge in [0.05, 0.1) is 23.9 Å². The number of alkyl halides is 3. The summed E-state index contributed by atoms with van der Waals surface area (Å²) in [5, 5.41) is 28.7. The van der Waals surface area contributed by atoms with E-state index in [-0.39, 0.29) is 18.7 Å². The summed E-state index contributed by atoms with van der Waals surface area (Å²) >= 11 is 0. The molecule has 3 rings (SSSR count). The van der Waals surface area contributed by atoms with Gasteiger partial charge in [0.1, 0.15) is 6.04 Å². The molecule has 43 heavy (non-hydrogen) atoms. The molecule has 13 heteroatoms. The molecule has 0 saturated heterocycles. The Hall–Kier alpha value is -5.38. The van der Waals surface area contributed by atoms with E-state index in [4.69, 9.17) is 26.6 Å². The summed E-state index contributed by atoms with van der Waals surface area (Å²) in [5.41, 5.74) is 16.4. The third-order valence-electron chi connectivity index (χ3n) is 6.50. The third kappa shape index (κ3) is 8.80. The van der Waals surface area contributed by atoms with E-state index in [9.17, 15) is 28.0 Å². The summed E-state index contributed by atoms with van der Waals surface area (Å²) in [6.45, 7) is 3.57. The van der Waals surface area contributed by atoms with Crippen LogP contribution in [0, 0.1) is 11.3 Å². The minimum absolute atomic E-state index is 0.103. The van der Waals surface area contributed by atoms with Crippen molar-refractivity contribution in [2.24, 2.45) is 10.9 Å². The van der Waals surface area contributed by atoms with Crippen LogP contribution in [0.2, 0.25) is 0 Å². The number of hydrogen-bond acceptors (Lipinski definition) is 7. The van der Waals surface area contributed by atoms with Gasteiger partial charge in [-0.1, -0.05) is 66.7 Å². The lowest BCUT2D eigenvalue weighted by Crippen LogP contribution is -2.50. The highest BCUT2D eigenvalue weighted by Crippen LogP contribution is 2.30. The van der Waals surface area contributed by atoms with E-state index in [1.165, 1.54) is 11.1 Å². The number of benzene rings is 3. The Morgan fingerprint density at radius 1 is 1.07 bits per heavy atom. The first-order valence-electron chi connectivity index (χ1n) is 12.8. The number of amides is 2. The Bertz CT molecular complexity index is 1520. The maximum atomic E-state index is 13.1. The van der Waals surface area contributed by atoms with Gasteiger partial charge < -0.3 is 26.7 Å². The van der Waals surface area contributed by atoms with Gasteiger partial charge in [0.2, 0.25) is 11.8 Å². The van der Waals surface area contributed by atoms with Gasteiger partial charge in [-0.2, -0.15) is 18.4 Å². The number of primary amides is 1. The minimum Gasteiger partial charge on any atom is -0.475 e. The number of rotatable bonds is 9. The van der Waals surface area contributed by atoms with E-state index < -0.39 is 30.1 Å². The molecule has 3 aromatic rings. The summed E-state index contributed by atoms with van der Waals surface area (Å²) in [4.78, 5) is 36.2. The van der Waals surface area contributed by atoms with Crippen LogP contribution in [-0.2, 0) is 20.8 Å². The number of anilines is 1. The summed E-state index contributed by atoms with van der Waals surface area (Å²) in [6, 6.07) is 20.8. The fourth-order valence-electron chi connectivity index (χ4n) is 4.35. The van der Waals surface area contributed by atoms with Crippen molar-refractivity contribution in [2.75, 3.05) is 5.73 Å². The quantitative estimate of drug-likeness (QED) is 0.120. The van der Waals surface area contributed by atoms with E-state index in [1.54, 1.807) is 31.2 Å². The lowest BCUT2D eigenvalue weighted by molar-refractivity contribution is -0.192. The van der Waals surface area contributed by atoms with Crippen LogP contribution in [0.5, 0.6) is 0 Å².